The van der Waals surface area contributed by atoms with Gasteiger partial charge in [-0.2, -0.15) is 0 Å². The van der Waals surface area contributed by atoms with Crippen LogP contribution in [0.15, 0.2) is 72.8 Å². The van der Waals surface area contributed by atoms with Gasteiger partial charge in [0, 0.05) is 23.0 Å². The van der Waals surface area contributed by atoms with E-state index in [1.807, 2.05) is 49.4 Å². The molecule has 238 valence electrons. The first-order chi connectivity index (χ1) is 21.8. The molecule has 0 aliphatic rings. The predicted octanol–water partition coefficient (Wildman–Crippen LogP) is 0.565. The molecule has 0 saturated carbocycles. The topological polar surface area (TPSA) is 131 Å². The summed E-state index contributed by atoms with van der Waals surface area (Å²) in [6.07, 6.45) is 3.22. The molecule has 0 spiro atoms. The van der Waals surface area contributed by atoms with Gasteiger partial charge in [0.25, 0.3) is 5.91 Å². The largest absolute Gasteiger partial charge is 1.00 e. The number of benzene rings is 3. The van der Waals surface area contributed by atoms with Crippen molar-refractivity contribution in [2.75, 3.05) is 27.4 Å². The monoisotopic (exact) mass is 637 g/mol. The van der Waals surface area contributed by atoms with Gasteiger partial charge in [-0.05, 0) is 61.6 Å². The second kappa shape index (κ2) is 18.3. The van der Waals surface area contributed by atoms with Crippen LogP contribution in [-0.4, -0.2) is 55.8 Å². The number of carbonyl (C=O) groups excluding carboxylic acids is 3. The first-order valence-electron chi connectivity index (χ1n) is 15.0. The number of nitrogens with zero attached hydrogens (tertiary/aromatic N) is 1. The van der Waals surface area contributed by atoms with E-state index in [9.17, 15) is 19.5 Å². The van der Waals surface area contributed by atoms with Crippen LogP contribution in [0.4, 0.5) is 0 Å². The Hall–Kier alpha value is -3.83. The van der Waals surface area contributed by atoms with Crippen LogP contribution in [0.1, 0.15) is 46.4 Å². The minimum Gasteiger partial charge on any atom is -0.548 e. The Kier molecular flexibility index (Phi) is 14.6. The number of carboxylic acids is 1. The number of nitrogens with one attached hydrogen (secondary N) is 2. The average molecular weight is 638 g/mol. The molecule has 0 aliphatic heterocycles. The maximum Gasteiger partial charge on any atom is 1.00 e. The van der Waals surface area contributed by atoms with Crippen molar-refractivity contribution in [2.24, 2.45) is 0 Å². The summed E-state index contributed by atoms with van der Waals surface area (Å²) in [6.45, 7) is 2.10. The zero-order valence-corrected chi connectivity index (χ0v) is 29.0. The molecule has 0 aliphatic carbocycles. The van der Waals surface area contributed by atoms with Gasteiger partial charge < -0.3 is 39.3 Å². The molecular formula is C35H40N3NaO7. The molecule has 1 heterocycles. The van der Waals surface area contributed by atoms with Crippen molar-refractivity contribution in [1.82, 2.24) is 15.2 Å². The molecule has 2 amide bonds. The van der Waals surface area contributed by atoms with E-state index in [1.165, 1.54) is 4.57 Å². The molecule has 0 saturated heterocycles. The summed E-state index contributed by atoms with van der Waals surface area (Å²) in [5.74, 6) is -0.705. The molecule has 0 fully saturated rings. The van der Waals surface area contributed by atoms with Crippen LogP contribution in [0.2, 0.25) is 0 Å². The predicted molar refractivity (Wildman–Crippen MR) is 169 cm³/mol. The number of ether oxygens (including phenoxy) is 3. The number of aromatic nitrogens is 1. The minimum absolute atomic E-state index is 0. The Morgan fingerprint density at radius 1 is 0.891 bits per heavy atom. The van der Waals surface area contributed by atoms with Gasteiger partial charge in [0.1, 0.15) is 23.2 Å². The molecule has 4 aromatic rings. The quantitative estimate of drug-likeness (QED) is 0.128. The van der Waals surface area contributed by atoms with E-state index in [0.29, 0.717) is 17.4 Å². The van der Waals surface area contributed by atoms with Gasteiger partial charge in [0.2, 0.25) is 5.91 Å². The van der Waals surface area contributed by atoms with Crippen LogP contribution in [0.3, 0.4) is 0 Å². The summed E-state index contributed by atoms with van der Waals surface area (Å²) in [4.78, 5) is 38.2. The van der Waals surface area contributed by atoms with Crippen molar-refractivity contribution in [2.45, 2.75) is 51.8 Å². The third-order valence-electron chi connectivity index (χ3n) is 7.50. The van der Waals surface area contributed by atoms with E-state index >= 15 is 0 Å². The van der Waals surface area contributed by atoms with Crippen LogP contribution in [0.25, 0.3) is 10.9 Å². The fourth-order valence-electron chi connectivity index (χ4n) is 5.28. The van der Waals surface area contributed by atoms with Gasteiger partial charge in [-0.15, -0.1) is 0 Å². The summed E-state index contributed by atoms with van der Waals surface area (Å²) in [5, 5.41) is 17.9. The van der Waals surface area contributed by atoms with Crippen LogP contribution >= 0.6 is 0 Å². The van der Waals surface area contributed by atoms with Gasteiger partial charge in [-0.25, -0.2) is 0 Å². The van der Waals surface area contributed by atoms with Crippen molar-refractivity contribution in [1.29, 1.82) is 0 Å². The van der Waals surface area contributed by atoms with E-state index in [0.717, 1.165) is 53.9 Å². The van der Waals surface area contributed by atoms with Gasteiger partial charge >= 0.3 is 29.6 Å². The van der Waals surface area contributed by atoms with E-state index in [1.54, 1.807) is 44.6 Å². The van der Waals surface area contributed by atoms with Gasteiger partial charge in [0.15, 0.2) is 0 Å². The number of aliphatic carboxylic acids is 1. The second-order valence-electron chi connectivity index (χ2n) is 10.8. The fourth-order valence-corrected chi connectivity index (χ4v) is 5.28. The number of carboxylic acid groups (broad SMARTS) is 1. The van der Waals surface area contributed by atoms with Crippen LogP contribution in [0.5, 0.6) is 11.5 Å². The molecule has 2 N–H and O–H groups in total. The minimum atomic E-state index is -1.33. The van der Waals surface area contributed by atoms with Crippen molar-refractivity contribution in [3.63, 3.8) is 0 Å². The summed E-state index contributed by atoms with van der Waals surface area (Å²) in [7, 11) is 3.30. The zero-order valence-electron chi connectivity index (χ0n) is 27.0. The maximum atomic E-state index is 13.4. The number of amides is 2. The number of fused-ring (bicyclic) bond motifs is 1. The molecule has 3 aromatic carbocycles. The Bertz CT molecular complexity index is 1580. The molecule has 11 heteroatoms. The van der Waals surface area contributed by atoms with Gasteiger partial charge in [-0.3, -0.25) is 9.59 Å². The third-order valence-corrected chi connectivity index (χ3v) is 7.50. The van der Waals surface area contributed by atoms with E-state index in [-0.39, 0.29) is 54.4 Å². The number of methoxy groups -OCH3 is 2. The summed E-state index contributed by atoms with van der Waals surface area (Å²) >= 11 is 0. The number of rotatable bonds is 17. The molecule has 46 heavy (non-hydrogen) atoms. The molecular weight excluding hydrogens is 597 g/mol. The standard InChI is InChI=1S/C35H41N3O7.Na/c1-24-18-31(43-2)27(32(19-24)44-3)15-8-5-11-17-36-34(41)28(23-45-22-25-12-6-4-7-13-25)37-35(42)30-20-26-14-9-10-16-29(26)38(30)21-33(39)40;/h4,6-7,9-10,12-14,16,18-20,28H,5,8,11,15,17,21-23H2,1-3H3,(H,36,41)(H,37,42)(H,39,40);/q;+1/p-1/t28-;/m1./s1. The van der Waals surface area contributed by atoms with Crippen LogP contribution in [-0.2, 0) is 33.9 Å². The summed E-state index contributed by atoms with van der Waals surface area (Å²) in [5.41, 5.74) is 3.70. The Morgan fingerprint density at radius 2 is 1.57 bits per heavy atom. The van der Waals surface area contributed by atoms with Crippen molar-refractivity contribution < 1.29 is 63.3 Å². The molecule has 10 nitrogen and oxygen atoms in total. The molecule has 1 atom stereocenters. The van der Waals surface area contributed by atoms with Crippen LogP contribution in [0, 0.1) is 6.92 Å². The number of aryl methyl sites for hydroxylation is 1. The van der Waals surface area contributed by atoms with E-state index in [4.69, 9.17) is 14.2 Å². The molecule has 0 radical (unpaired) electrons. The number of hydrogen-bond acceptors (Lipinski definition) is 7. The zero-order chi connectivity index (χ0) is 32.2. The van der Waals surface area contributed by atoms with E-state index in [2.05, 4.69) is 10.6 Å². The second-order valence-corrected chi connectivity index (χ2v) is 10.8. The fraction of sp³-hybridized carbons (Fsp3) is 0.343. The van der Waals surface area contributed by atoms with Gasteiger partial charge in [0.05, 0.1) is 39.9 Å². The molecule has 1 aromatic heterocycles. The Balaban J connectivity index is 0.00000576. The Labute approximate surface area is 291 Å². The van der Waals surface area contributed by atoms with Crippen molar-refractivity contribution in [3.8, 4) is 11.5 Å². The SMILES string of the molecule is COc1cc(C)cc(OC)c1CCCCCNC(=O)[C@@H](COCc1ccccc1)NC(=O)c1cc2ccccc2n1CC(=O)[O-].[Na+]. The number of unbranched alkanes of at least 4 members (excludes halogenated alkanes) is 2. The summed E-state index contributed by atoms with van der Waals surface area (Å²) in [6, 6.07) is 21.2. The maximum absolute atomic E-state index is 13.4. The van der Waals surface area contributed by atoms with Gasteiger partial charge in [-0.1, -0.05) is 55.0 Å². The Morgan fingerprint density at radius 3 is 2.24 bits per heavy atom. The first-order valence-corrected chi connectivity index (χ1v) is 15.0. The molecule has 0 unspecified atom stereocenters. The van der Waals surface area contributed by atoms with Crippen molar-refractivity contribution >= 4 is 28.7 Å². The van der Waals surface area contributed by atoms with Crippen molar-refractivity contribution in [3.05, 3.63) is 95.2 Å². The molecule has 0 bridgehead atoms. The average Bonchev–Trinajstić information content (AvgIpc) is 3.40. The van der Waals surface area contributed by atoms with E-state index < -0.39 is 24.5 Å². The van der Waals surface area contributed by atoms with Crippen LogP contribution < -0.4 is 54.8 Å². The normalized spacial score (nSPS) is 11.4. The third kappa shape index (κ3) is 10.1. The number of para-hydroxylation sites is 1. The number of hydrogen-bond donors (Lipinski definition) is 2. The molecule has 4 rings (SSSR count). The first kappa shape index (κ1) is 36.6. The summed E-state index contributed by atoms with van der Waals surface area (Å²) < 4.78 is 18.3. The number of carbonyl (C=O) groups is 3. The smallest absolute Gasteiger partial charge is 0.548 e.